The van der Waals surface area contributed by atoms with Gasteiger partial charge in [-0.05, 0) is 33.8 Å². The Bertz CT molecular complexity index is 328. The monoisotopic (exact) mass is 288 g/mol. The summed E-state index contributed by atoms with van der Waals surface area (Å²) >= 11 is 5.18. The summed E-state index contributed by atoms with van der Waals surface area (Å²) in [5.74, 6) is 2.67. The minimum Gasteiger partial charge on any atom is -0.491 e. The number of carbonyl (C=O) groups excluding carboxylic acids is 1. The lowest BCUT2D eigenvalue weighted by molar-refractivity contribution is 0.111. The molecule has 0 aliphatic carbocycles. The predicted molar refractivity (Wildman–Crippen MR) is 68.0 cm³/mol. The van der Waals surface area contributed by atoms with E-state index in [1.165, 1.54) is 0 Å². The molecule has 0 saturated heterocycles. The second-order valence-corrected chi connectivity index (χ2v) is 5.07. The SMILES string of the molecule is CCSCCOc1c(Br)cccc1C=O. The molecule has 0 aliphatic rings. The standard InChI is InChI=1S/C11H13BrO2S/c1-2-15-7-6-14-11-9(8-13)4-3-5-10(11)12/h3-5,8H,2,6-7H2,1H3. The molecule has 0 unspecified atom stereocenters. The number of halogens is 1. The summed E-state index contributed by atoms with van der Waals surface area (Å²) in [7, 11) is 0. The molecule has 0 atom stereocenters. The Hall–Kier alpha value is -0.480. The molecule has 0 spiro atoms. The van der Waals surface area contributed by atoms with Crippen LogP contribution in [0.5, 0.6) is 5.75 Å². The van der Waals surface area contributed by atoms with Crippen LogP contribution < -0.4 is 4.74 Å². The fourth-order valence-corrected chi connectivity index (χ4v) is 2.10. The lowest BCUT2D eigenvalue weighted by Gasteiger charge is -2.09. The highest BCUT2D eigenvalue weighted by Crippen LogP contribution is 2.27. The number of carbonyl (C=O) groups is 1. The van der Waals surface area contributed by atoms with Crippen LogP contribution in [-0.4, -0.2) is 24.4 Å². The number of para-hydroxylation sites is 1. The second-order valence-electron chi connectivity index (χ2n) is 2.82. The molecule has 0 aromatic heterocycles. The van der Waals surface area contributed by atoms with Gasteiger partial charge in [-0.1, -0.05) is 13.0 Å². The summed E-state index contributed by atoms with van der Waals surface area (Å²) in [5, 5.41) is 0. The zero-order chi connectivity index (χ0) is 11.1. The van der Waals surface area contributed by atoms with Crippen LogP contribution in [-0.2, 0) is 0 Å². The zero-order valence-electron chi connectivity index (χ0n) is 8.53. The molecular formula is C11H13BrO2S. The number of thioether (sulfide) groups is 1. The molecule has 15 heavy (non-hydrogen) atoms. The van der Waals surface area contributed by atoms with Crippen molar-refractivity contribution in [3.8, 4) is 5.75 Å². The van der Waals surface area contributed by atoms with Gasteiger partial charge in [0, 0.05) is 5.75 Å². The normalized spacial score (nSPS) is 10.0. The highest BCUT2D eigenvalue weighted by molar-refractivity contribution is 9.10. The molecule has 0 bridgehead atoms. The molecule has 0 N–H and O–H groups in total. The van der Waals surface area contributed by atoms with Gasteiger partial charge in [0.2, 0.25) is 0 Å². The molecule has 1 rings (SSSR count). The first kappa shape index (κ1) is 12.6. The highest BCUT2D eigenvalue weighted by atomic mass is 79.9. The molecule has 0 aliphatic heterocycles. The number of hydrogen-bond donors (Lipinski definition) is 0. The number of benzene rings is 1. The Morgan fingerprint density at radius 1 is 1.53 bits per heavy atom. The van der Waals surface area contributed by atoms with E-state index >= 15 is 0 Å². The molecule has 1 aromatic carbocycles. The predicted octanol–water partition coefficient (Wildman–Crippen LogP) is 3.39. The number of ether oxygens (including phenoxy) is 1. The van der Waals surface area contributed by atoms with Crippen molar-refractivity contribution in [1.82, 2.24) is 0 Å². The van der Waals surface area contributed by atoms with Gasteiger partial charge in [-0.15, -0.1) is 0 Å². The maximum atomic E-state index is 10.8. The molecule has 0 saturated carbocycles. The first-order valence-electron chi connectivity index (χ1n) is 4.73. The van der Waals surface area contributed by atoms with E-state index in [0.29, 0.717) is 17.9 Å². The van der Waals surface area contributed by atoms with Gasteiger partial charge in [-0.3, -0.25) is 4.79 Å². The number of hydrogen-bond acceptors (Lipinski definition) is 3. The van der Waals surface area contributed by atoms with Crippen LogP contribution >= 0.6 is 27.7 Å². The summed E-state index contributed by atoms with van der Waals surface area (Å²) < 4.78 is 6.39. The summed E-state index contributed by atoms with van der Waals surface area (Å²) in [6, 6.07) is 5.44. The van der Waals surface area contributed by atoms with Gasteiger partial charge in [0.1, 0.15) is 5.75 Å². The average Bonchev–Trinajstić information content (AvgIpc) is 2.26. The Balaban J connectivity index is 2.62. The fourth-order valence-electron chi connectivity index (χ4n) is 1.12. The minimum atomic E-state index is 0.589. The van der Waals surface area contributed by atoms with E-state index in [4.69, 9.17) is 4.74 Å². The third kappa shape index (κ3) is 3.87. The maximum Gasteiger partial charge on any atom is 0.153 e. The fraction of sp³-hybridized carbons (Fsp3) is 0.364. The summed E-state index contributed by atoms with van der Waals surface area (Å²) in [4.78, 5) is 10.8. The van der Waals surface area contributed by atoms with Gasteiger partial charge in [0.25, 0.3) is 0 Å². The zero-order valence-corrected chi connectivity index (χ0v) is 10.9. The third-order valence-corrected chi connectivity index (χ3v) is 3.29. The molecular weight excluding hydrogens is 276 g/mol. The van der Waals surface area contributed by atoms with Gasteiger partial charge in [-0.25, -0.2) is 0 Å². The van der Waals surface area contributed by atoms with E-state index in [0.717, 1.165) is 22.3 Å². The van der Waals surface area contributed by atoms with Gasteiger partial charge in [0.15, 0.2) is 6.29 Å². The Labute approximate surface area is 103 Å². The van der Waals surface area contributed by atoms with E-state index < -0.39 is 0 Å². The van der Waals surface area contributed by atoms with Crippen molar-refractivity contribution < 1.29 is 9.53 Å². The summed E-state index contributed by atoms with van der Waals surface area (Å²) in [6.45, 7) is 2.74. The lowest BCUT2D eigenvalue weighted by Crippen LogP contribution is -2.03. The van der Waals surface area contributed by atoms with Crippen LogP contribution in [0.3, 0.4) is 0 Å². The molecule has 82 valence electrons. The second kappa shape index (κ2) is 6.90. The van der Waals surface area contributed by atoms with Gasteiger partial charge in [-0.2, -0.15) is 11.8 Å². The summed E-state index contributed by atoms with van der Waals surface area (Å²) in [6.07, 6.45) is 0.813. The van der Waals surface area contributed by atoms with Crippen LogP contribution in [0.4, 0.5) is 0 Å². The minimum absolute atomic E-state index is 0.589. The van der Waals surface area contributed by atoms with Gasteiger partial charge >= 0.3 is 0 Å². The number of aldehydes is 1. The van der Waals surface area contributed by atoms with Crippen molar-refractivity contribution in [2.45, 2.75) is 6.92 Å². The topological polar surface area (TPSA) is 26.3 Å². The molecule has 0 amide bonds. The third-order valence-electron chi connectivity index (χ3n) is 1.80. The van der Waals surface area contributed by atoms with E-state index in [-0.39, 0.29) is 0 Å². The van der Waals surface area contributed by atoms with E-state index in [1.807, 2.05) is 23.9 Å². The van der Waals surface area contributed by atoms with Crippen molar-refractivity contribution in [2.75, 3.05) is 18.1 Å². The average molecular weight is 289 g/mol. The smallest absolute Gasteiger partial charge is 0.153 e. The van der Waals surface area contributed by atoms with Crippen molar-refractivity contribution in [1.29, 1.82) is 0 Å². The van der Waals surface area contributed by atoms with Crippen molar-refractivity contribution in [2.24, 2.45) is 0 Å². The van der Waals surface area contributed by atoms with Crippen LogP contribution in [0.25, 0.3) is 0 Å². The Morgan fingerprint density at radius 3 is 3.00 bits per heavy atom. The molecule has 0 fully saturated rings. The van der Waals surface area contributed by atoms with E-state index in [1.54, 1.807) is 6.07 Å². The van der Waals surface area contributed by atoms with Crippen molar-refractivity contribution in [3.63, 3.8) is 0 Å². The molecule has 0 heterocycles. The van der Waals surface area contributed by atoms with Crippen LogP contribution in [0.15, 0.2) is 22.7 Å². The molecule has 4 heteroatoms. The lowest BCUT2D eigenvalue weighted by atomic mass is 10.2. The maximum absolute atomic E-state index is 10.8. The van der Waals surface area contributed by atoms with Gasteiger partial charge in [0.05, 0.1) is 16.6 Å². The van der Waals surface area contributed by atoms with Crippen LogP contribution in [0.2, 0.25) is 0 Å². The largest absolute Gasteiger partial charge is 0.491 e. The first-order chi connectivity index (χ1) is 7.29. The summed E-state index contributed by atoms with van der Waals surface area (Å²) in [5.41, 5.74) is 0.589. The van der Waals surface area contributed by atoms with Crippen LogP contribution in [0.1, 0.15) is 17.3 Å². The molecule has 0 radical (unpaired) electrons. The Kier molecular flexibility index (Phi) is 5.79. The van der Waals surface area contributed by atoms with Crippen LogP contribution in [0, 0.1) is 0 Å². The highest BCUT2D eigenvalue weighted by Gasteiger charge is 2.06. The van der Waals surface area contributed by atoms with Gasteiger partial charge < -0.3 is 4.74 Å². The first-order valence-corrected chi connectivity index (χ1v) is 6.68. The number of rotatable bonds is 6. The van der Waals surface area contributed by atoms with E-state index in [9.17, 15) is 4.79 Å². The molecule has 1 aromatic rings. The van der Waals surface area contributed by atoms with E-state index in [2.05, 4.69) is 22.9 Å². The van der Waals surface area contributed by atoms with Crippen molar-refractivity contribution >= 4 is 34.0 Å². The Morgan fingerprint density at radius 2 is 2.33 bits per heavy atom. The van der Waals surface area contributed by atoms with Crippen molar-refractivity contribution in [3.05, 3.63) is 28.2 Å². The quantitative estimate of drug-likeness (QED) is 0.593. The molecule has 2 nitrogen and oxygen atoms in total.